The van der Waals surface area contributed by atoms with Gasteiger partial charge in [-0.2, -0.15) is 0 Å². The molecule has 1 aromatic carbocycles. The number of carbonyl (C=O) groups is 1. The largest absolute Gasteiger partial charge is 0.325 e. The monoisotopic (exact) mass is 439 g/mol. The Morgan fingerprint density at radius 3 is 2.91 bits per heavy atom. The van der Waals surface area contributed by atoms with E-state index in [0.29, 0.717) is 10.9 Å². The number of nitrogens with one attached hydrogen (secondary N) is 1. The number of benzene rings is 1. The maximum atomic E-state index is 12.1. The lowest BCUT2D eigenvalue weighted by Gasteiger charge is -2.06. The number of thioether (sulfide) groups is 1. The number of hydrogen-bond donors (Lipinski definition) is 1. The molecular formula is C15H14IN5OS. The summed E-state index contributed by atoms with van der Waals surface area (Å²) >= 11 is 3.56. The first-order chi connectivity index (χ1) is 11.0. The molecule has 1 amide bonds. The molecular weight excluding hydrogens is 425 g/mol. The molecule has 2 heterocycles. The van der Waals surface area contributed by atoms with Crippen LogP contribution >= 0.6 is 34.4 Å². The third-order valence-electron chi connectivity index (χ3n) is 3.10. The average molecular weight is 439 g/mol. The molecule has 3 rings (SSSR count). The van der Waals surface area contributed by atoms with Gasteiger partial charge in [-0.1, -0.05) is 17.8 Å². The highest BCUT2D eigenvalue weighted by Gasteiger charge is 2.12. The number of hydrogen-bond acceptors (Lipinski definition) is 5. The Morgan fingerprint density at radius 1 is 1.30 bits per heavy atom. The zero-order valence-corrected chi connectivity index (χ0v) is 15.6. The van der Waals surface area contributed by atoms with Gasteiger partial charge in [0.2, 0.25) is 5.91 Å². The van der Waals surface area contributed by atoms with Crippen LogP contribution in [0.5, 0.6) is 0 Å². The first-order valence-electron chi connectivity index (χ1n) is 6.90. The summed E-state index contributed by atoms with van der Waals surface area (Å²) in [5.74, 6) is 0.744. The van der Waals surface area contributed by atoms with E-state index in [-0.39, 0.29) is 11.7 Å². The molecule has 0 aliphatic carbocycles. The second-order valence-electron chi connectivity index (χ2n) is 5.00. The Labute approximate surface area is 151 Å². The molecule has 0 radical (unpaired) electrons. The number of aromatic nitrogens is 4. The molecule has 0 aliphatic heterocycles. The minimum absolute atomic E-state index is 0.0773. The van der Waals surface area contributed by atoms with Gasteiger partial charge in [0.25, 0.3) is 5.78 Å². The molecule has 0 spiro atoms. The molecule has 0 unspecified atom stereocenters. The number of amides is 1. The van der Waals surface area contributed by atoms with Gasteiger partial charge in [-0.15, -0.1) is 10.2 Å². The molecule has 1 N–H and O–H groups in total. The molecule has 2 aromatic heterocycles. The standard InChI is InChI=1S/C15H14IN5OS/c1-9-6-10(2)21-14(17-9)19-20-15(21)23-8-13(22)18-12-5-3-4-11(16)7-12/h3-7H,8H2,1-2H3,(H,18,22). The van der Waals surface area contributed by atoms with Crippen molar-refractivity contribution in [1.82, 2.24) is 19.6 Å². The first kappa shape index (κ1) is 16.2. The van der Waals surface area contributed by atoms with Crippen LogP contribution in [0.3, 0.4) is 0 Å². The van der Waals surface area contributed by atoms with Crippen molar-refractivity contribution in [1.29, 1.82) is 0 Å². The van der Waals surface area contributed by atoms with Crippen LogP contribution in [-0.4, -0.2) is 31.2 Å². The lowest BCUT2D eigenvalue weighted by molar-refractivity contribution is -0.113. The second-order valence-corrected chi connectivity index (χ2v) is 7.19. The van der Waals surface area contributed by atoms with Crippen LogP contribution < -0.4 is 5.32 Å². The van der Waals surface area contributed by atoms with Crippen molar-refractivity contribution in [3.8, 4) is 0 Å². The minimum atomic E-state index is -0.0773. The fourth-order valence-electron chi connectivity index (χ4n) is 2.19. The normalized spacial score (nSPS) is 10.9. The summed E-state index contributed by atoms with van der Waals surface area (Å²) in [5, 5.41) is 11.7. The highest BCUT2D eigenvalue weighted by molar-refractivity contribution is 14.1. The highest BCUT2D eigenvalue weighted by Crippen LogP contribution is 2.19. The summed E-state index contributed by atoms with van der Waals surface area (Å²) in [6.45, 7) is 3.89. The van der Waals surface area contributed by atoms with E-state index in [9.17, 15) is 4.79 Å². The lowest BCUT2D eigenvalue weighted by atomic mass is 10.3. The van der Waals surface area contributed by atoms with E-state index in [0.717, 1.165) is 20.6 Å². The molecule has 0 saturated carbocycles. The molecule has 8 heteroatoms. The van der Waals surface area contributed by atoms with Crippen LogP contribution in [0.25, 0.3) is 5.78 Å². The third-order valence-corrected chi connectivity index (χ3v) is 4.70. The SMILES string of the molecule is Cc1cc(C)n2c(SCC(=O)Nc3cccc(I)c3)nnc2n1. The van der Waals surface area contributed by atoms with Crippen LogP contribution in [0, 0.1) is 17.4 Å². The van der Waals surface area contributed by atoms with Gasteiger partial charge in [0.05, 0.1) is 5.75 Å². The maximum absolute atomic E-state index is 12.1. The fourth-order valence-corrected chi connectivity index (χ4v) is 3.52. The third kappa shape index (κ3) is 3.81. The Hall–Kier alpha value is -1.68. The van der Waals surface area contributed by atoms with Crippen LogP contribution in [0.15, 0.2) is 35.5 Å². The van der Waals surface area contributed by atoms with E-state index in [4.69, 9.17) is 0 Å². The van der Waals surface area contributed by atoms with E-state index in [1.54, 1.807) is 0 Å². The van der Waals surface area contributed by atoms with Gasteiger partial charge in [0.15, 0.2) is 5.16 Å². The summed E-state index contributed by atoms with van der Waals surface area (Å²) in [6.07, 6.45) is 0. The van der Waals surface area contributed by atoms with E-state index in [1.165, 1.54) is 11.8 Å². The fraction of sp³-hybridized carbons (Fsp3) is 0.200. The molecule has 0 fully saturated rings. The molecule has 6 nitrogen and oxygen atoms in total. The quantitative estimate of drug-likeness (QED) is 0.500. The van der Waals surface area contributed by atoms with E-state index >= 15 is 0 Å². The number of anilines is 1. The topological polar surface area (TPSA) is 72.2 Å². The van der Waals surface area contributed by atoms with Crippen LogP contribution in [0.2, 0.25) is 0 Å². The molecule has 0 aliphatic rings. The van der Waals surface area contributed by atoms with E-state index < -0.39 is 0 Å². The molecule has 0 atom stereocenters. The molecule has 3 aromatic rings. The number of halogens is 1. The zero-order valence-electron chi connectivity index (χ0n) is 12.6. The van der Waals surface area contributed by atoms with Gasteiger partial charge in [-0.25, -0.2) is 4.98 Å². The van der Waals surface area contributed by atoms with Crippen molar-refractivity contribution in [3.05, 3.63) is 45.3 Å². The molecule has 23 heavy (non-hydrogen) atoms. The smallest absolute Gasteiger partial charge is 0.256 e. The Morgan fingerprint density at radius 2 is 2.13 bits per heavy atom. The van der Waals surface area contributed by atoms with Gasteiger partial charge in [-0.05, 0) is 60.7 Å². The first-order valence-corrected chi connectivity index (χ1v) is 8.97. The van der Waals surface area contributed by atoms with Crippen molar-refractivity contribution in [3.63, 3.8) is 0 Å². The number of fused-ring (bicyclic) bond motifs is 1. The average Bonchev–Trinajstić information content (AvgIpc) is 2.88. The minimum Gasteiger partial charge on any atom is -0.325 e. The number of aryl methyl sites for hydroxylation is 2. The predicted octanol–water partition coefficient (Wildman–Crippen LogP) is 3.08. The van der Waals surface area contributed by atoms with Gasteiger partial charge in [-0.3, -0.25) is 9.20 Å². The maximum Gasteiger partial charge on any atom is 0.256 e. The van der Waals surface area contributed by atoms with Crippen LogP contribution in [0.4, 0.5) is 5.69 Å². The summed E-state index contributed by atoms with van der Waals surface area (Å²) in [5.41, 5.74) is 2.69. The van der Waals surface area contributed by atoms with Gasteiger partial charge in [0, 0.05) is 20.6 Å². The summed E-state index contributed by atoms with van der Waals surface area (Å²) in [4.78, 5) is 16.4. The highest BCUT2D eigenvalue weighted by atomic mass is 127. The van der Waals surface area contributed by atoms with Gasteiger partial charge in [0.1, 0.15) is 0 Å². The molecule has 118 valence electrons. The summed E-state index contributed by atoms with van der Waals surface area (Å²) in [6, 6.07) is 9.64. The molecule has 0 bridgehead atoms. The number of nitrogens with zero attached hydrogens (tertiary/aromatic N) is 4. The number of carbonyl (C=O) groups excluding carboxylic acids is 1. The van der Waals surface area contributed by atoms with E-state index in [1.807, 2.05) is 48.6 Å². The van der Waals surface area contributed by atoms with Crippen molar-refractivity contribution in [2.75, 3.05) is 11.1 Å². The predicted molar refractivity (Wildman–Crippen MR) is 98.8 cm³/mol. The van der Waals surface area contributed by atoms with E-state index in [2.05, 4.69) is 43.1 Å². The van der Waals surface area contributed by atoms with Crippen LogP contribution in [0.1, 0.15) is 11.4 Å². The lowest BCUT2D eigenvalue weighted by Crippen LogP contribution is -2.14. The van der Waals surface area contributed by atoms with Gasteiger partial charge >= 0.3 is 0 Å². The molecule has 0 saturated heterocycles. The summed E-state index contributed by atoms with van der Waals surface area (Å²) < 4.78 is 2.93. The van der Waals surface area contributed by atoms with Crippen molar-refractivity contribution in [2.24, 2.45) is 0 Å². The van der Waals surface area contributed by atoms with Gasteiger partial charge < -0.3 is 5.32 Å². The van der Waals surface area contributed by atoms with Crippen molar-refractivity contribution in [2.45, 2.75) is 19.0 Å². The Bertz CT molecular complexity index is 879. The Balaban J connectivity index is 1.70. The van der Waals surface area contributed by atoms with Crippen LogP contribution in [-0.2, 0) is 4.79 Å². The van der Waals surface area contributed by atoms with Crippen molar-refractivity contribution < 1.29 is 4.79 Å². The second kappa shape index (κ2) is 6.83. The Kier molecular flexibility index (Phi) is 4.81. The summed E-state index contributed by atoms with van der Waals surface area (Å²) in [7, 11) is 0. The number of rotatable bonds is 4. The van der Waals surface area contributed by atoms with Crippen molar-refractivity contribution >= 4 is 51.7 Å². The zero-order chi connectivity index (χ0) is 16.4.